The summed E-state index contributed by atoms with van der Waals surface area (Å²) in [5.41, 5.74) is 0. The molecular weight excluding hydrogens is 222 g/mol. The molecule has 4 rings (SSSR count). The number of hydrogen-bond acceptors (Lipinski definition) is 3. The summed E-state index contributed by atoms with van der Waals surface area (Å²) in [5.74, 6) is 1.49. The van der Waals surface area contributed by atoms with Crippen LogP contribution in [0.1, 0.15) is 0 Å². The summed E-state index contributed by atoms with van der Waals surface area (Å²) in [6.07, 6.45) is 7.50. The van der Waals surface area contributed by atoms with Gasteiger partial charge in [0.15, 0.2) is 5.76 Å². The number of aromatic amines is 1. The molecule has 0 aromatic carbocycles. The summed E-state index contributed by atoms with van der Waals surface area (Å²) >= 11 is 1.69. The monoisotopic (exact) mass is 229 g/mol. The maximum absolute atomic E-state index is 5.64. The van der Waals surface area contributed by atoms with Gasteiger partial charge in [0.1, 0.15) is 4.83 Å². The van der Waals surface area contributed by atoms with Gasteiger partial charge in [-0.2, -0.15) is 0 Å². The van der Waals surface area contributed by atoms with Crippen molar-refractivity contribution in [3.05, 3.63) is 36.9 Å². The van der Waals surface area contributed by atoms with Crippen LogP contribution >= 0.6 is 11.3 Å². The number of fused-ring (bicyclic) bond motifs is 2. The van der Waals surface area contributed by atoms with Crippen LogP contribution in [0, 0.1) is 0 Å². The summed E-state index contributed by atoms with van der Waals surface area (Å²) in [5, 5.41) is 1.22. The molecule has 0 aliphatic carbocycles. The third-order valence-corrected chi connectivity index (χ3v) is 3.67. The topological polar surface area (TPSA) is 46.2 Å². The fourth-order valence-electron chi connectivity index (χ4n) is 1.81. The van der Waals surface area contributed by atoms with Crippen LogP contribution in [-0.4, -0.2) is 14.4 Å². The van der Waals surface area contributed by atoms with Gasteiger partial charge in [-0.25, -0.2) is 4.98 Å². The fourth-order valence-corrected chi connectivity index (χ4v) is 2.78. The van der Waals surface area contributed by atoms with E-state index in [9.17, 15) is 0 Å². The number of H-pyrrole nitrogens is 1. The van der Waals surface area contributed by atoms with Gasteiger partial charge in [-0.1, -0.05) is 0 Å². The molecule has 4 aromatic heterocycles. The van der Waals surface area contributed by atoms with Crippen molar-refractivity contribution in [1.29, 1.82) is 0 Å². The van der Waals surface area contributed by atoms with Crippen molar-refractivity contribution in [3.8, 4) is 10.6 Å². The van der Waals surface area contributed by atoms with E-state index in [4.69, 9.17) is 4.42 Å². The molecule has 78 valence electrons. The predicted molar refractivity (Wildman–Crippen MR) is 62.6 cm³/mol. The smallest absolute Gasteiger partial charge is 0.306 e. The van der Waals surface area contributed by atoms with Crippen molar-refractivity contribution in [3.63, 3.8) is 0 Å². The zero-order valence-electron chi connectivity index (χ0n) is 8.18. The fraction of sp³-hybridized carbons (Fsp3) is 0. The molecule has 0 spiro atoms. The number of aromatic nitrogens is 3. The number of rotatable bonds is 1. The molecule has 4 nitrogen and oxygen atoms in total. The molecule has 4 aromatic rings. The molecular formula is C11H7N3OS. The Balaban J connectivity index is 1.96. The molecule has 16 heavy (non-hydrogen) atoms. The Morgan fingerprint density at radius 1 is 1.44 bits per heavy atom. The third-order valence-electron chi connectivity index (χ3n) is 2.57. The molecule has 0 saturated heterocycles. The quantitative estimate of drug-likeness (QED) is 0.545. The largest absolute Gasteiger partial charge is 0.422 e. The van der Waals surface area contributed by atoms with Crippen LogP contribution in [0.4, 0.5) is 0 Å². The standard InChI is InChI=1S/C11H7N3OS/c1-2-12-10-7(1)5-9(16-10)8-6-14-4-3-13-11(14)15-8/h1-6,12H. The summed E-state index contributed by atoms with van der Waals surface area (Å²) in [6, 6.07) is 4.18. The van der Waals surface area contributed by atoms with E-state index in [1.807, 2.05) is 23.0 Å². The van der Waals surface area contributed by atoms with E-state index in [0.29, 0.717) is 5.84 Å². The van der Waals surface area contributed by atoms with Gasteiger partial charge in [-0.3, -0.25) is 4.40 Å². The van der Waals surface area contributed by atoms with E-state index in [1.54, 1.807) is 17.5 Å². The van der Waals surface area contributed by atoms with E-state index in [-0.39, 0.29) is 0 Å². The van der Waals surface area contributed by atoms with Crippen LogP contribution in [0.2, 0.25) is 0 Å². The first-order chi connectivity index (χ1) is 7.90. The number of nitrogens with zero attached hydrogens (tertiary/aromatic N) is 2. The normalized spacial score (nSPS) is 11.8. The highest BCUT2D eigenvalue weighted by atomic mass is 32.1. The van der Waals surface area contributed by atoms with Crippen LogP contribution in [0.5, 0.6) is 0 Å². The van der Waals surface area contributed by atoms with Gasteiger partial charge >= 0.3 is 5.84 Å². The van der Waals surface area contributed by atoms with Crippen molar-refractivity contribution in [1.82, 2.24) is 14.4 Å². The molecule has 0 atom stereocenters. The minimum atomic E-state index is 0.632. The van der Waals surface area contributed by atoms with E-state index >= 15 is 0 Å². The predicted octanol–water partition coefficient (Wildman–Crippen LogP) is 3.14. The lowest BCUT2D eigenvalue weighted by Gasteiger charge is -1.85. The Labute approximate surface area is 94.2 Å². The highest BCUT2D eigenvalue weighted by Gasteiger charge is 2.10. The van der Waals surface area contributed by atoms with Gasteiger partial charge in [0, 0.05) is 24.0 Å². The second-order valence-corrected chi connectivity index (χ2v) is 4.64. The minimum absolute atomic E-state index is 0.632. The summed E-state index contributed by atoms with van der Waals surface area (Å²) in [6.45, 7) is 0. The maximum Gasteiger partial charge on any atom is 0.306 e. The molecule has 0 radical (unpaired) electrons. The van der Waals surface area contributed by atoms with Gasteiger partial charge in [0.05, 0.1) is 11.1 Å². The SMILES string of the molecule is c1cn2cc(-c3cc4cc[nH]c4s3)oc2n1. The molecule has 0 amide bonds. The summed E-state index contributed by atoms with van der Waals surface area (Å²) in [7, 11) is 0. The number of imidazole rings is 1. The average Bonchev–Trinajstić information content (AvgIpc) is 2.94. The number of thiophene rings is 1. The highest BCUT2D eigenvalue weighted by Crippen LogP contribution is 2.33. The van der Waals surface area contributed by atoms with Crippen molar-refractivity contribution in [2.24, 2.45) is 0 Å². The van der Waals surface area contributed by atoms with Gasteiger partial charge in [-0.15, -0.1) is 11.3 Å². The van der Waals surface area contributed by atoms with Gasteiger partial charge in [-0.05, 0) is 12.1 Å². The zero-order valence-corrected chi connectivity index (χ0v) is 8.99. The number of nitrogens with one attached hydrogen (secondary N) is 1. The molecule has 0 bridgehead atoms. The number of oxazole rings is 1. The Morgan fingerprint density at radius 3 is 3.31 bits per heavy atom. The van der Waals surface area contributed by atoms with Crippen molar-refractivity contribution >= 4 is 27.4 Å². The van der Waals surface area contributed by atoms with E-state index < -0.39 is 0 Å². The van der Waals surface area contributed by atoms with Crippen LogP contribution in [0.3, 0.4) is 0 Å². The highest BCUT2D eigenvalue weighted by molar-refractivity contribution is 7.21. The molecule has 0 aliphatic heterocycles. The molecule has 0 saturated carbocycles. The molecule has 0 fully saturated rings. The van der Waals surface area contributed by atoms with Crippen LogP contribution in [0.25, 0.3) is 26.7 Å². The molecule has 5 heteroatoms. The van der Waals surface area contributed by atoms with Crippen molar-refractivity contribution in [2.45, 2.75) is 0 Å². The van der Waals surface area contributed by atoms with Gasteiger partial charge in [0.25, 0.3) is 0 Å². The molecule has 1 N–H and O–H groups in total. The minimum Gasteiger partial charge on any atom is -0.422 e. The first-order valence-corrected chi connectivity index (χ1v) is 5.71. The average molecular weight is 229 g/mol. The lowest BCUT2D eigenvalue weighted by molar-refractivity contribution is 0.611. The van der Waals surface area contributed by atoms with Crippen molar-refractivity contribution < 1.29 is 4.42 Å². The molecule has 0 aliphatic rings. The van der Waals surface area contributed by atoms with E-state index in [0.717, 1.165) is 10.6 Å². The second kappa shape index (κ2) is 2.76. The summed E-state index contributed by atoms with van der Waals surface area (Å²) < 4.78 is 7.52. The summed E-state index contributed by atoms with van der Waals surface area (Å²) in [4.78, 5) is 9.58. The lowest BCUT2D eigenvalue weighted by atomic mass is 10.3. The Kier molecular flexibility index (Phi) is 1.41. The Bertz CT molecular complexity index is 649. The Hall–Kier alpha value is -2.01. The van der Waals surface area contributed by atoms with Crippen LogP contribution in [0.15, 0.2) is 41.3 Å². The van der Waals surface area contributed by atoms with E-state index in [1.165, 1.54) is 10.2 Å². The van der Waals surface area contributed by atoms with Crippen LogP contribution < -0.4 is 0 Å². The lowest BCUT2D eigenvalue weighted by Crippen LogP contribution is -1.68. The molecule has 0 unspecified atom stereocenters. The van der Waals surface area contributed by atoms with Crippen LogP contribution in [-0.2, 0) is 0 Å². The number of hydrogen-bond donors (Lipinski definition) is 1. The third kappa shape index (κ3) is 1.00. The maximum atomic E-state index is 5.64. The first kappa shape index (κ1) is 8.18. The van der Waals surface area contributed by atoms with Gasteiger partial charge < -0.3 is 9.40 Å². The molecule has 4 heterocycles. The zero-order chi connectivity index (χ0) is 10.5. The van der Waals surface area contributed by atoms with Gasteiger partial charge in [0.2, 0.25) is 0 Å². The second-order valence-electron chi connectivity index (χ2n) is 3.59. The van der Waals surface area contributed by atoms with E-state index in [2.05, 4.69) is 22.1 Å². The Morgan fingerprint density at radius 2 is 2.44 bits per heavy atom. The first-order valence-electron chi connectivity index (χ1n) is 4.90. The van der Waals surface area contributed by atoms with Crippen molar-refractivity contribution in [2.75, 3.05) is 0 Å².